The monoisotopic (exact) mass is 272 g/mol. The van der Waals surface area contributed by atoms with Crippen LogP contribution in [0.5, 0.6) is 5.75 Å². The van der Waals surface area contributed by atoms with Crippen molar-refractivity contribution in [2.24, 2.45) is 5.92 Å². The molecular weight excluding hydrogens is 252 g/mol. The van der Waals surface area contributed by atoms with Crippen LogP contribution in [0.3, 0.4) is 0 Å². The van der Waals surface area contributed by atoms with E-state index >= 15 is 0 Å². The van der Waals surface area contributed by atoms with Crippen molar-refractivity contribution in [3.63, 3.8) is 0 Å². The molecule has 0 atom stereocenters. The van der Waals surface area contributed by atoms with Crippen molar-refractivity contribution >= 4 is 0 Å². The molecule has 4 heteroatoms. The maximum absolute atomic E-state index is 9.50. The third-order valence-electron chi connectivity index (χ3n) is 4.32. The SMILES string of the molecule is CCC1CCC(c2noc(-c3cccc(O)c3)n2)CC1. The number of phenols is 1. The Morgan fingerprint density at radius 1 is 1.25 bits per heavy atom. The number of rotatable bonds is 3. The summed E-state index contributed by atoms with van der Waals surface area (Å²) >= 11 is 0. The maximum atomic E-state index is 9.50. The van der Waals surface area contributed by atoms with E-state index in [2.05, 4.69) is 17.1 Å². The van der Waals surface area contributed by atoms with Gasteiger partial charge in [0.05, 0.1) is 0 Å². The molecule has 0 spiro atoms. The van der Waals surface area contributed by atoms with Gasteiger partial charge in [0.15, 0.2) is 5.82 Å². The highest BCUT2D eigenvalue weighted by atomic mass is 16.5. The lowest BCUT2D eigenvalue weighted by Crippen LogP contribution is -2.13. The van der Waals surface area contributed by atoms with E-state index in [1.807, 2.05) is 6.07 Å². The molecule has 1 N–H and O–H groups in total. The lowest BCUT2D eigenvalue weighted by atomic mass is 9.80. The smallest absolute Gasteiger partial charge is 0.258 e. The molecule has 2 aromatic rings. The first-order valence-electron chi connectivity index (χ1n) is 7.39. The van der Waals surface area contributed by atoms with Gasteiger partial charge in [-0.15, -0.1) is 0 Å². The lowest BCUT2D eigenvalue weighted by Gasteiger charge is -2.25. The highest BCUT2D eigenvalue weighted by Gasteiger charge is 2.25. The van der Waals surface area contributed by atoms with Gasteiger partial charge in [0.2, 0.25) is 0 Å². The largest absolute Gasteiger partial charge is 0.508 e. The number of aromatic nitrogens is 2. The number of hydrogen-bond donors (Lipinski definition) is 1. The second kappa shape index (κ2) is 5.65. The molecular formula is C16H20N2O2. The quantitative estimate of drug-likeness (QED) is 0.912. The zero-order valence-electron chi connectivity index (χ0n) is 11.7. The minimum Gasteiger partial charge on any atom is -0.508 e. The van der Waals surface area contributed by atoms with Crippen LogP contribution in [-0.4, -0.2) is 15.2 Å². The first-order valence-corrected chi connectivity index (χ1v) is 7.39. The van der Waals surface area contributed by atoms with E-state index in [-0.39, 0.29) is 5.75 Å². The van der Waals surface area contributed by atoms with Crippen LogP contribution in [0.25, 0.3) is 11.5 Å². The van der Waals surface area contributed by atoms with Crippen molar-refractivity contribution in [3.05, 3.63) is 30.1 Å². The third kappa shape index (κ3) is 2.69. The second-order valence-corrected chi connectivity index (χ2v) is 5.63. The molecule has 0 saturated heterocycles. The Hall–Kier alpha value is -1.84. The number of nitrogens with zero attached hydrogens (tertiary/aromatic N) is 2. The van der Waals surface area contributed by atoms with Crippen LogP contribution in [-0.2, 0) is 0 Å². The summed E-state index contributed by atoms with van der Waals surface area (Å²) in [6.45, 7) is 2.26. The van der Waals surface area contributed by atoms with Gasteiger partial charge in [-0.2, -0.15) is 4.98 Å². The summed E-state index contributed by atoms with van der Waals surface area (Å²) in [6, 6.07) is 6.92. The Morgan fingerprint density at radius 3 is 2.75 bits per heavy atom. The summed E-state index contributed by atoms with van der Waals surface area (Å²) in [5, 5.41) is 13.6. The summed E-state index contributed by atoms with van der Waals surface area (Å²) in [7, 11) is 0. The Bertz CT molecular complexity index is 571. The summed E-state index contributed by atoms with van der Waals surface area (Å²) in [4.78, 5) is 4.51. The second-order valence-electron chi connectivity index (χ2n) is 5.63. The predicted octanol–water partition coefficient (Wildman–Crippen LogP) is 4.13. The first-order chi connectivity index (χ1) is 9.76. The van der Waals surface area contributed by atoms with Crippen LogP contribution in [0.4, 0.5) is 0 Å². The Morgan fingerprint density at radius 2 is 2.05 bits per heavy atom. The molecule has 0 bridgehead atoms. The Balaban J connectivity index is 1.74. The fraction of sp³-hybridized carbons (Fsp3) is 0.500. The normalized spacial score (nSPS) is 22.9. The molecule has 1 aliphatic carbocycles. The van der Waals surface area contributed by atoms with Gasteiger partial charge in [0, 0.05) is 11.5 Å². The summed E-state index contributed by atoms with van der Waals surface area (Å²) in [5.74, 6) is 2.81. The molecule has 1 saturated carbocycles. The van der Waals surface area contributed by atoms with Crippen molar-refractivity contribution in [2.75, 3.05) is 0 Å². The van der Waals surface area contributed by atoms with Crippen LogP contribution in [0.1, 0.15) is 50.8 Å². The molecule has 0 radical (unpaired) electrons. The van der Waals surface area contributed by atoms with Gasteiger partial charge in [0.1, 0.15) is 5.75 Å². The predicted molar refractivity (Wildman–Crippen MR) is 76.4 cm³/mol. The molecule has 1 aromatic carbocycles. The maximum Gasteiger partial charge on any atom is 0.258 e. The Labute approximate surface area is 118 Å². The molecule has 3 rings (SSSR count). The summed E-state index contributed by atoms with van der Waals surface area (Å²) in [5.41, 5.74) is 0.769. The molecule has 1 heterocycles. The zero-order valence-corrected chi connectivity index (χ0v) is 11.7. The van der Waals surface area contributed by atoms with Crippen LogP contribution >= 0.6 is 0 Å². The average molecular weight is 272 g/mol. The van der Waals surface area contributed by atoms with E-state index in [0.717, 1.165) is 30.1 Å². The van der Waals surface area contributed by atoms with Gasteiger partial charge in [-0.25, -0.2) is 0 Å². The van der Waals surface area contributed by atoms with E-state index in [1.54, 1.807) is 18.2 Å². The highest BCUT2D eigenvalue weighted by molar-refractivity contribution is 5.55. The number of aromatic hydroxyl groups is 1. The summed E-state index contributed by atoms with van der Waals surface area (Å²) in [6.07, 6.45) is 6.09. The third-order valence-corrected chi connectivity index (χ3v) is 4.32. The molecule has 1 aromatic heterocycles. The van der Waals surface area contributed by atoms with Gasteiger partial charge in [0.25, 0.3) is 5.89 Å². The topological polar surface area (TPSA) is 59.2 Å². The van der Waals surface area contributed by atoms with Gasteiger partial charge in [-0.05, 0) is 49.8 Å². The molecule has 4 nitrogen and oxygen atoms in total. The molecule has 0 unspecified atom stereocenters. The van der Waals surface area contributed by atoms with Gasteiger partial charge >= 0.3 is 0 Å². The Kier molecular flexibility index (Phi) is 3.72. The first kappa shape index (κ1) is 13.2. The molecule has 0 amide bonds. The van der Waals surface area contributed by atoms with Gasteiger partial charge in [-0.3, -0.25) is 0 Å². The standard InChI is InChI=1S/C16H20N2O2/c1-2-11-6-8-12(9-7-11)15-17-16(20-18-15)13-4-3-5-14(19)10-13/h3-5,10-12,19H,2,6-9H2,1H3. The van der Waals surface area contributed by atoms with Crippen molar-refractivity contribution in [3.8, 4) is 17.2 Å². The lowest BCUT2D eigenvalue weighted by molar-refractivity contribution is 0.305. The van der Waals surface area contributed by atoms with Crippen LogP contribution in [0, 0.1) is 5.92 Å². The van der Waals surface area contributed by atoms with Crippen molar-refractivity contribution in [1.29, 1.82) is 0 Å². The van der Waals surface area contributed by atoms with Crippen molar-refractivity contribution in [2.45, 2.75) is 44.9 Å². The molecule has 1 fully saturated rings. The van der Waals surface area contributed by atoms with Crippen LogP contribution in [0.15, 0.2) is 28.8 Å². The van der Waals surface area contributed by atoms with E-state index in [9.17, 15) is 5.11 Å². The van der Waals surface area contributed by atoms with Crippen molar-refractivity contribution < 1.29 is 9.63 Å². The van der Waals surface area contributed by atoms with Gasteiger partial charge in [-0.1, -0.05) is 24.6 Å². The highest BCUT2D eigenvalue weighted by Crippen LogP contribution is 2.36. The van der Waals surface area contributed by atoms with E-state index in [4.69, 9.17) is 4.52 Å². The molecule has 20 heavy (non-hydrogen) atoms. The molecule has 1 aliphatic rings. The van der Waals surface area contributed by atoms with Crippen LogP contribution in [0.2, 0.25) is 0 Å². The van der Waals surface area contributed by atoms with E-state index < -0.39 is 0 Å². The fourth-order valence-electron chi connectivity index (χ4n) is 2.99. The molecule has 0 aliphatic heterocycles. The average Bonchev–Trinajstić information content (AvgIpc) is 2.97. The van der Waals surface area contributed by atoms with Crippen molar-refractivity contribution in [1.82, 2.24) is 10.1 Å². The fourth-order valence-corrected chi connectivity index (χ4v) is 2.99. The number of phenolic OH excluding ortho intramolecular Hbond substituents is 1. The van der Waals surface area contributed by atoms with E-state index in [1.165, 1.54) is 19.3 Å². The minimum absolute atomic E-state index is 0.214. The number of hydrogen-bond acceptors (Lipinski definition) is 4. The number of benzene rings is 1. The summed E-state index contributed by atoms with van der Waals surface area (Å²) < 4.78 is 5.34. The molecule has 106 valence electrons. The van der Waals surface area contributed by atoms with Gasteiger partial charge < -0.3 is 9.63 Å². The zero-order chi connectivity index (χ0) is 13.9. The van der Waals surface area contributed by atoms with E-state index in [0.29, 0.717) is 11.8 Å². The van der Waals surface area contributed by atoms with Crippen LogP contribution < -0.4 is 0 Å². The minimum atomic E-state index is 0.214.